The summed E-state index contributed by atoms with van der Waals surface area (Å²) in [5.74, 6) is -0.136. The van der Waals surface area contributed by atoms with Crippen LogP contribution in [0.5, 0.6) is 0 Å². The van der Waals surface area contributed by atoms with Crippen LogP contribution < -0.4 is 5.73 Å². The van der Waals surface area contributed by atoms with E-state index in [1.54, 1.807) is 4.90 Å². The molecule has 1 fully saturated rings. The molecule has 1 aromatic heterocycles. The van der Waals surface area contributed by atoms with E-state index in [1.165, 1.54) is 18.3 Å². The predicted octanol–water partition coefficient (Wildman–Crippen LogP) is 1.86. The third-order valence-electron chi connectivity index (χ3n) is 3.65. The molecular formula is C13H18F3N3O. The Bertz CT molecular complexity index is 483. The average Bonchev–Trinajstić information content (AvgIpc) is 2.93. The third kappa shape index (κ3) is 3.15. The molecule has 4 nitrogen and oxygen atoms in total. The minimum atomic E-state index is -4.34. The van der Waals surface area contributed by atoms with Crippen LogP contribution in [0.2, 0.25) is 0 Å². The first-order valence-electron chi connectivity index (χ1n) is 6.54. The zero-order valence-electron chi connectivity index (χ0n) is 11.2. The molecule has 1 saturated heterocycles. The quantitative estimate of drug-likeness (QED) is 0.923. The third-order valence-corrected chi connectivity index (χ3v) is 3.65. The van der Waals surface area contributed by atoms with Crippen LogP contribution in [0.15, 0.2) is 18.3 Å². The molecule has 0 saturated carbocycles. The van der Waals surface area contributed by atoms with Crippen LogP contribution in [-0.2, 0) is 6.54 Å². The van der Waals surface area contributed by atoms with E-state index in [0.717, 1.165) is 11.0 Å². The van der Waals surface area contributed by atoms with Gasteiger partial charge in [0.2, 0.25) is 0 Å². The van der Waals surface area contributed by atoms with Gasteiger partial charge in [-0.05, 0) is 37.9 Å². The lowest BCUT2D eigenvalue weighted by Gasteiger charge is -2.22. The van der Waals surface area contributed by atoms with E-state index in [4.69, 9.17) is 5.73 Å². The maximum Gasteiger partial charge on any atom is 0.406 e. The van der Waals surface area contributed by atoms with Gasteiger partial charge in [-0.3, -0.25) is 4.79 Å². The molecule has 2 atom stereocenters. The van der Waals surface area contributed by atoms with Gasteiger partial charge in [0, 0.05) is 18.8 Å². The lowest BCUT2D eigenvalue weighted by atomic mass is 10.1. The smallest absolute Gasteiger partial charge is 0.334 e. The molecule has 2 N–H and O–H groups in total. The Labute approximate surface area is 115 Å². The topological polar surface area (TPSA) is 51.3 Å². The highest BCUT2D eigenvalue weighted by Gasteiger charge is 2.35. The van der Waals surface area contributed by atoms with Crippen molar-refractivity contribution in [3.63, 3.8) is 0 Å². The highest BCUT2D eigenvalue weighted by molar-refractivity contribution is 5.93. The number of aromatic nitrogens is 1. The van der Waals surface area contributed by atoms with Crippen LogP contribution in [0, 0.1) is 5.92 Å². The SMILES string of the molecule is CC1CC(CN)CN1C(=O)c1cccn1CC(F)(F)F. The van der Waals surface area contributed by atoms with Crippen LogP contribution in [0.1, 0.15) is 23.8 Å². The molecular weight excluding hydrogens is 271 g/mol. The van der Waals surface area contributed by atoms with Crippen LogP contribution >= 0.6 is 0 Å². The predicted molar refractivity (Wildman–Crippen MR) is 68.1 cm³/mol. The lowest BCUT2D eigenvalue weighted by molar-refractivity contribution is -0.140. The van der Waals surface area contributed by atoms with E-state index in [9.17, 15) is 18.0 Å². The summed E-state index contributed by atoms with van der Waals surface area (Å²) in [5, 5.41) is 0. The number of carbonyl (C=O) groups excluding carboxylic acids is 1. The highest BCUT2D eigenvalue weighted by Crippen LogP contribution is 2.25. The fraction of sp³-hybridized carbons (Fsp3) is 0.615. The Hall–Kier alpha value is -1.50. The summed E-state index contributed by atoms with van der Waals surface area (Å²) < 4.78 is 38.4. The molecule has 0 bridgehead atoms. The molecule has 7 heteroatoms. The van der Waals surface area contributed by atoms with E-state index >= 15 is 0 Å². The van der Waals surface area contributed by atoms with Gasteiger partial charge in [0.25, 0.3) is 5.91 Å². The molecule has 1 aliphatic rings. The molecule has 0 aliphatic carbocycles. The minimum Gasteiger partial charge on any atom is -0.334 e. The number of hydrogen-bond donors (Lipinski definition) is 1. The summed E-state index contributed by atoms with van der Waals surface area (Å²) in [7, 11) is 0. The second-order valence-corrected chi connectivity index (χ2v) is 5.28. The molecule has 112 valence electrons. The van der Waals surface area contributed by atoms with Gasteiger partial charge in [-0.2, -0.15) is 13.2 Å². The van der Waals surface area contributed by atoms with Crippen LogP contribution in [0.3, 0.4) is 0 Å². The van der Waals surface area contributed by atoms with Crippen molar-refractivity contribution in [1.29, 1.82) is 0 Å². The van der Waals surface area contributed by atoms with Crippen LogP contribution in [-0.4, -0.2) is 40.7 Å². The second kappa shape index (κ2) is 5.47. The zero-order chi connectivity index (χ0) is 14.9. The van der Waals surface area contributed by atoms with Crippen LogP contribution in [0.4, 0.5) is 13.2 Å². The van der Waals surface area contributed by atoms with E-state index in [1.807, 2.05) is 6.92 Å². The number of carbonyl (C=O) groups is 1. The Morgan fingerprint density at radius 2 is 2.20 bits per heavy atom. The zero-order valence-corrected chi connectivity index (χ0v) is 11.2. The van der Waals surface area contributed by atoms with Crippen molar-refractivity contribution in [1.82, 2.24) is 9.47 Å². The van der Waals surface area contributed by atoms with Gasteiger partial charge in [-0.25, -0.2) is 0 Å². The Morgan fingerprint density at radius 1 is 1.50 bits per heavy atom. The Kier molecular flexibility index (Phi) is 4.08. The van der Waals surface area contributed by atoms with Gasteiger partial charge in [0.1, 0.15) is 12.2 Å². The number of alkyl halides is 3. The van der Waals surface area contributed by atoms with Crippen molar-refractivity contribution in [2.24, 2.45) is 11.7 Å². The molecule has 1 aliphatic heterocycles. The monoisotopic (exact) mass is 289 g/mol. The van der Waals surface area contributed by atoms with Crippen molar-refractivity contribution in [2.75, 3.05) is 13.1 Å². The van der Waals surface area contributed by atoms with E-state index in [0.29, 0.717) is 13.1 Å². The fourth-order valence-corrected chi connectivity index (χ4v) is 2.68. The van der Waals surface area contributed by atoms with Crippen molar-refractivity contribution >= 4 is 5.91 Å². The number of rotatable bonds is 3. The van der Waals surface area contributed by atoms with Crippen molar-refractivity contribution in [3.8, 4) is 0 Å². The maximum atomic E-state index is 12.5. The summed E-state index contributed by atoms with van der Waals surface area (Å²) in [6, 6.07) is 2.89. The van der Waals surface area contributed by atoms with Crippen molar-refractivity contribution in [2.45, 2.75) is 32.1 Å². The number of likely N-dealkylation sites (tertiary alicyclic amines) is 1. The molecule has 2 unspecified atom stereocenters. The first-order chi connectivity index (χ1) is 9.31. The van der Waals surface area contributed by atoms with Gasteiger partial charge in [0.05, 0.1) is 0 Å². The number of nitrogens with zero attached hydrogens (tertiary/aromatic N) is 2. The summed E-state index contributed by atoms with van der Waals surface area (Å²) in [6.45, 7) is 1.74. The summed E-state index contributed by atoms with van der Waals surface area (Å²) in [4.78, 5) is 14.0. The molecule has 20 heavy (non-hydrogen) atoms. The fourth-order valence-electron chi connectivity index (χ4n) is 2.68. The van der Waals surface area contributed by atoms with Crippen molar-refractivity contribution < 1.29 is 18.0 Å². The summed E-state index contributed by atoms with van der Waals surface area (Å²) in [6.07, 6.45) is -2.27. The summed E-state index contributed by atoms with van der Waals surface area (Å²) >= 11 is 0. The van der Waals surface area contributed by atoms with E-state index < -0.39 is 12.7 Å². The first-order valence-corrected chi connectivity index (χ1v) is 6.54. The first kappa shape index (κ1) is 14.9. The molecule has 1 aromatic rings. The number of amides is 1. The largest absolute Gasteiger partial charge is 0.406 e. The van der Waals surface area contributed by atoms with Gasteiger partial charge < -0.3 is 15.2 Å². The normalized spacial score (nSPS) is 23.4. The number of hydrogen-bond acceptors (Lipinski definition) is 2. The van der Waals surface area contributed by atoms with E-state index in [-0.39, 0.29) is 23.6 Å². The average molecular weight is 289 g/mol. The van der Waals surface area contributed by atoms with Gasteiger partial charge in [0.15, 0.2) is 0 Å². The van der Waals surface area contributed by atoms with Gasteiger partial charge >= 0.3 is 6.18 Å². The number of halogens is 3. The molecule has 2 heterocycles. The molecule has 0 spiro atoms. The van der Waals surface area contributed by atoms with E-state index in [2.05, 4.69) is 0 Å². The molecule has 2 rings (SSSR count). The molecule has 0 radical (unpaired) electrons. The summed E-state index contributed by atoms with van der Waals surface area (Å²) in [5.41, 5.74) is 5.67. The van der Waals surface area contributed by atoms with Crippen LogP contribution in [0.25, 0.3) is 0 Å². The number of nitrogens with two attached hydrogens (primary N) is 1. The lowest BCUT2D eigenvalue weighted by Crippen LogP contribution is -2.36. The Morgan fingerprint density at radius 3 is 2.75 bits per heavy atom. The standard InChI is InChI=1S/C13H18F3N3O/c1-9-5-10(6-17)7-19(9)12(20)11-3-2-4-18(11)8-13(14,15)16/h2-4,9-10H,5-8,17H2,1H3. The van der Waals surface area contributed by atoms with Gasteiger partial charge in [-0.1, -0.05) is 0 Å². The minimum absolute atomic E-state index is 0.00490. The van der Waals surface area contributed by atoms with Gasteiger partial charge in [-0.15, -0.1) is 0 Å². The molecule has 1 amide bonds. The highest BCUT2D eigenvalue weighted by atomic mass is 19.4. The Balaban J connectivity index is 2.16. The van der Waals surface area contributed by atoms with Crippen molar-refractivity contribution in [3.05, 3.63) is 24.0 Å². The molecule has 0 aromatic carbocycles. The second-order valence-electron chi connectivity index (χ2n) is 5.28. The maximum absolute atomic E-state index is 12.5.